The molecule has 12 heteroatoms. The van der Waals surface area contributed by atoms with Gasteiger partial charge in [0.2, 0.25) is 0 Å². The third-order valence-electron chi connectivity index (χ3n) is 5.49. The van der Waals surface area contributed by atoms with Gasteiger partial charge in [-0.1, -0.05) is 23.2 Å². The highest BCUT2D eigenvalue weighted by molar-refractivity contribution is 7.93. The predicted octanol–water partition coefficient (Wildman–Crippen LogP) is 5.04. The van der Waals surface area contributed by atoms with Gasteiger partial charge in [0.15, 0.2) is 5.78 Å². The Hall–Kier alpha value is -2.92. The lowest BCUT2D eigenvalue weighted by Crippen LogP contribution is -2.36. The van der Waals surface area contributed by atoms with Crippen LogP contribution in [0.1, 0.15) is 21.7 Å². The second kappa shape index (κ2) is 10.8. The molecule has 0 amide bonds. The van der Waals surface area contributed by atoms with Gasteiger partial charge >= 0.3 is 0 Å². The van der Waals surface area contributed by atoms with Crippen LogP contribution >= 0.6 is 23.2 Å². The molecule has 0 radical (unpaired) electrons. The van der Waals surface area contributed by atoms with Crippen LogP contribution in [0.3, 0.4) is 0 Å². The number of aromatic nitrogens is 1. The van der Waals surface area contributed by atoms with Gasteiger partial charge in [0, 0.05) is 47.8 Å². The maximum Gasteiger partial charge on any atom is 0.270 e. The van der Waals surface area contributed by atoms with Crippen molar-refractivity contribution in [2.75, 3.05) is 24.6 Å². The van der Waals surface area contributed by atoms with Crippen LogP contribution in [0.15, 0.2) is 53.4 Å². The number of ketones is 1. The summed E-state index contributed by atoms with van der Waals surface area (Å²) in [4.78, 5) is 23.4. The van der Waals surface area contributed by atoms with Gasteiger partial charge in [0.25, 0.3) is 15.7 Å². The molecule has 9 nitrogen and oxygen atoms in total. The van der Waals surface area contributed by atoms with Crippen molar-refractivity contribution < 1.29 is 22.9 Å². The van der Waals surface area contributed by atoms with Gasteiger partial charge < -0.3 is 9.30 Å². The summed E-state index contributed by atoms with van der Waals surface area (Å²) in [6.07, 6.45) is 0. The Morgan fingerprint density at radius 3 is 2.37 bits per heavy atom. The van der Waals surface area contributed by atoms with E-state index in [9.17, 15) is 23.3 Å². The molecule has 2 aromatic carbocycles. The number of carbonyl (C=O) groups excluding carboxylic acids is 1. The van der Waals surface area contributed by atoms with Gasteiger partial charge in [-0.15, -0.1) is 0 Å². The van der Waals surface area contributed by atoms with E-state index in [1.807, 2.05) is 11.5 Å². The maximum absolute atomic E-state index is 13.7. The number of Topliss-reactive ketones (excluding diaryl/α,β-unsaturated/α-hetero) is 1. The first-order valence-electron chi connectivity index (χ1n) is 10.4. The highest BCUT2D eigenvalue weighted by atomic mass is 35.5. The van der Waals surface area contributed by atoms with Gasteiger partial charge in [-0.25, -0.2) is 8.42 Å². The number of non-ortho nitro benzene ring substituents is 1. The van der Waals surface area contributed by atoms with Crippen LogP contribution in [-0.4, -0.2) is 44.0 Å². The molecule has 0 aliphatic rings. The van der Waals surface area contributed by atoms with Crippen LogP contribution in [0.5, 0.6) is 0 Å². The fourth-order valence-corrected chi connectivity index (χ4v) is 5.71. The van der Waals surface area contributed by atoms with Crippen LogP contribution < -0.4 is 4.31 Å². The number of rotatable bonds is 10. The van der Waals surface area contributed by atoms with Gasteiger partial charge in [-0.05, 0) is 50.2 Å². The summed E-state index contributed by atoms with van der Waals surface area (Å²) < 4.78 is 35.3. The van der Waals surface area contributed by atoms with E-state index in [1.165, 1.54) is 24.3 Å². The lowest BCUT2D eigenvalue weighted by atomic mass is 10.1. The van der Waals surface area contributed by atoms with Crippen molar-refractivity contribution >= 4 is 50.4 Å². The summed E-state index contributed by atoms with van der Waals surface area (Å²) in [6, 6.07) is 10.7. The quantitative estimate of drug-likeness (QED) is 0.202. The number of methoxy groups -OCH3 is 1. The number of carbonyl (C=O) groups is 1. The highest BCUT2D eigenvalue weighted by Gasteiger charge is 2.32. The molecule has 0 atom stereocenters. The van der Waals surface area contributed by atoms with E-state index in [0.717, 1.165) is 28.2 Å². The average molecular weight is 540 g/mol. The average Bonchev–Trinajstić information content (AvgIpc) is 3.09. The van der Waals surface area contributed by atoms with Gasteiger partial charge in [0.05, 0.1) is 28.8 Å². The Balaban J connectivity index is 2.09. The Labute approximate surface area is 213 Å². The normalized spacial score (nSPS) is 11.5. The van der Waals surface area contributed by atoms with Crippen LogP contribution in [0.25, 0.3) is 0 Å². The number of nitro groups is 1. The molecule has 1 heterocycles. The molecule has 0 aliphatic heterocycles. The Kier molecular flexibility index (Phi) is 8.22. The molecule has 186 valence electrons. The number of nitrogens with zero attached hydrogens (tertiary/aromatic N) is 3. The molecule has 0 N–H and O–H groups in total. The number of aryl methyl sites for hydroxylation is 1. The summed E-state index contributed by atoms with van der Waals surface area (Å²) in [6.45, 7) is 4.03. The predicted molar refractivity (Wildman–Crippen MR) is 134 cm³/mol. The first kappa shape index (κ1) is 26.7. The molecule has 0 fully saturated rings. The molecule has 0 aliphatic carbocycles. The number of halogens is 2. The molecule has 3 aromatic rings. The number of benzene rings is 2. The van der Waals surface area contributed by atoms with Gasteiger partial charge in [0.1, 0.15) is 4.90 Å². The zero-order chi connectivity index (χ0) is 25.9. The zero-order valence-corrected chi connectivity index (χ0v) is 21.5. The van der Waals surface area contributed by atoms with Crippen LogP contribution in [0, 0.1) is 24.0 Å². The SMILES string of the molecule is COCCn1c(C)cc(C(=O)CN(c2ccc(Cl)cc2)S(=O)(=O)c2cc([N+](=O)[O-])ccc2Cl)c1C. The number of sulfonamides is 1. The smallest absolute Gasteiger partial charge is 0.270 e. The number of ether oxygens (including phenoxy) is 1. The van der Waals surface area contributed by atoms with E-state index in [-0.39, 0.29) is 10.7 Å². The fourth-order valence-electron chi connectivity index (χ4n) is 3.67. The van der Waals surface area contributed by atoms with E-state index in [4.69, 9.17) is 27.9 Å². The molecule has 3 rings (SSSR count). The molecule has 0 unspecified atom stereocenters. The molecule has 35 heavy (non-hydrogen) atoms. The minimum Gasteiger partial charge on any atom is -0.383 e. The van der Waals surface area contributed by atoms with Gasteiger partial charge in [-0.3, -0.25) is 19.2 Å². The summed E-state index contributed by atoms with van der Waals surface area (Å²) in [5.41, 5.74) is 1.56. The lowest BCUT2D eigenvalue weighted by Gasteiger charge is -2.24. The van der Waals surface area contributed by atoms with E-state index in [0.29, 0.717) is 29.4 Å². The minimum absolute atomic E-state index is 0.151. The zero-order valence-electron chi connectivity index (χ0n) is 19.2. The van der Waals surface area contributed by atoms with Crippen molar-refractivity contribution in [1.29, 1.82) is 0 Å². The van der Waals surface area contributed by atoms with E-state index in [1.54, 1.807) is 20.1 Å². The highest BCUT2D eigenvalue weighted by Crippen LogP contribution is 2.32. The van der Waals surface area contributed by atoms with Gasteiger partial charge in [-0.2, -0.15) is 0 Å². The second-order valence-corrected chi connectivity index (χ2v) is 10.4. The summed E-state index contributed by atoms with van der Waals surface area (Å²) >= 11 is 12.1. The van der Waals surface area contributed by atoms with Crippen molar-refractivity contribution in [3.63, 3.8) is 0 Å². The first-order chi connectivity index (χ1) is 16.5. The lowest BCUT2D eigenvalue weighted by molar-refractivity contribution is -0.385. The standard InChI is InChI=1S/C23H23Cl2N3O6S/c1-15-12-20(16(2)26(15)10-11-34-3)22(29)14-27(18-6-4-17(24)5-7-18)35(32,33)23-13-19(28(30)31)8-9-21(23)25/h4-9,12-13H,10-11,14H2,1-3H3. The summed E-state index contributed by atoms with van der Waals surface area (Å²) in [5.74, 6) is -0.457. The molecule has 0 saturated carbocycles. The Bertz CT molecular complexity index is 1370. The summed E-state index contributed by atoms with van der Waals surface area (Å²) in [7, 11) is -2.90. The Morgan fingerprint density at radius 1 is 1.11 bits per heavy atom. The molecule has 1 aromatic heterocycles. The van der Waals surface area contributed by atoms with E-state index in [2.05, 4.69) is 0 Å². The van der Waals surface area contributed by atoms with Crippen molar-refractivity contribution in [1.82, 2.24) is 4.57 Å². The molecule has 0 spiro atoms. The second-order valence-electron chi connectivity index (χ2n) is 7.71. The topological polar surface area (TPSA) is 112 Å². The van der Waals surface area contributed by atoms with Crippen LogP contribution in [-0.2, 0) is 21.3 Å². The molecule has 0 saturated heterocycles. The molecular formula is C23H23Cl2N3O6S. The maximum atomic E-state index is 13.7. The molecular weight excluding hydrogens is 517 g/mol. The van der Waals surface area contributed by atoms with Crippen molar-refractivity contribution in [2.45, 2.75) is 25.3 Å². The third-order valence-corrected chi connectivity index (χ3v) is 8.00. The summed E-state index contributed by atoms with van der Waals surface area (Å²) in [5, 5.41) is 11.4. The van der Waals surface area contributed by atoms with E-state index < -0.39 is 37.9 Å². The number of nitro benzene ring substituents is 1. The van der Waals surface area contributed by atoms with Crippen molar-refractivity contribution in [3.05, 3.63) is 85.6 Å². The van der Waals surface area contributed by atoms with Crippen molar-refractivity contribution in [2.24, 2.45) is 0 Å². The Morgan fingerprint density at radius 2 is 1.77 bits per heavy atom. The fraction of sp³-hybridized carbons (Fsp3) is 0.261. The van der Waals surface area contributed by atoms with E-state index >= 15 is 0 Å². The number of hydrogen-bond acceptors (Lipinski definition) is 6. The first-order valence-corrected chi connectivity index (χ1v) is 12.6. The number of hydrogen-bond donors (Lipinski definition) is 0. The van der Waals surface area contributed by atoms with Crippen molar-refractivity contribution in [3.8, 4) is 0 Å². The largest absolute Gasteiger partial charge is 0.383 e. The number of anilines is 1. The monoisotopic (exact) mass is 539 g/mol. The third kappa shape index (κ3) is 5.67. The molecule has 0 bridgehead atoms. The minimum atomic E-state index is -4.48. The van der Waals surface area contributed by atoms with Crippen LogP contribution in [0.4, 0.5) is 11.4 Å². The van der Waals surface area contributed by atoms with Crippen LogP contribution in [0.2, 0.25) is 10.0 Å².